The van der Waals surface area contributed by atoms with Crippen LogP contribution in [0.5, 0.6) is 0 Å². The SMILES string of the molecule is Cl.Nc1nc2ccc(CCl)cc2o1. The van der Waals surface area contributed by atoms with Crippen LogP contribution in [0.25, 0.3) is 11.1 Å². The molecule has 0 amide bonds. The van der Waals surface area contributed by atoms with Gasteiger partial charge in [-0.1, -0.05) is 6.07 Å². The zero-order chi connectivity index (χ0) is 8.55. The Morgan fingerprint density at radius 3 is 2.92 bits per heavy atom. The molecular formula is C8H8Cl2N2O. The molecule has 1 heterocycles. The zero-order valence-electron chi connectivity index (χ0n) is 6.66. The first-order valence-electron chi connectivity index (χ1n) is 3.50. The molecule has 0 aliphatic carbocycles. The molecule has 2 rings (SSSR count). The van der Waals surface area contributed by atoms with E-state index < -0.39 is 0 Å². The van der Waals surface area contributed by atoms with E-state index in [0.717, 1.165) is 11.1 Å². The van der Waals surface area contributed by atoms with Crippen molar-refractivity contribution in [2.45, 2.75) is 5.88 Å². The Morgan fingerprint density at radius 2 is 2.23 bits per heavy atom. The summed E-state index contributed by atoms with van der Waals surface area (Å²) in [7, 11) is 0. The van der Waals surface area contributed by atoms with E-state index in [4.69, 9.17) is 21.8 Å². The van der Waals surface area contributed by atoms with E-state index in [0.29, 0.717) is 11.5 Å². The number of fused-ring (bicyclic) bond motifs is 1. The molecule has 0 saturated heterocycles. The highest BCUT2D eigenvalue weighted by Gasteiger charge is 2.02. The number of hydrogen-bond donors (Lipinski definition) is 1. The summed E-state index contributed by atoms with van der Waals surface area (Å²) >= 11 is 5.64. The van der Waals surface area contributed by atoms with Crippen LogP contribution in [0.4, 0.5) is 6.01 Å². The molecule has 0 fully saturated rings. The highest BCUT2D eigenvalue weighted by molar-refractivity contribution is 6.17. The summed E-state index contributed by atoms with van der Waals surface area (Å²) in [4.78, 5) is 3.96. The molecule has 0 spiro atoms. The number of alkyl halides is 1. The minimum Gasteiger partial charge on any atom is -0.424 e. The van der Waals surface area contributed by atoms with Gasteiger partial charge in [0.2, 0.25) is 0 Å². The van der Waals surface area contributed by atoms with Crippen molar-refractivity contribution < 1.29 is 4.42 Å². The summed E-state index contributed by atoms with van der Waals surface area (Å²) in [6, 6.07) is 5.77. The van der Waals surface area contributed by atoms with E-state index in [-0.39, 0.29) is 18.4 Å². The van der Waals surface area contributed by atoms with Gasteiger partial charge in [-0.2, -0.15) is 4.98 Å². The molecule has 2 aromatic rings. The van der Waals surface area contributed by atoms with Crippen LogP contribution in [-0.2, 0) is 5.88 Å². The molecule has 0 aliphatic heterocycles. The van der Waals surface area contributed by atoms with Crippen LogP contribution in [0.2, 0.25) is 0 Å². The normalized spacial score (nSPS) is 9.92. The lowest BCUT2D eigenvalue weighted by Crippen LogP contribution is -1.80. The molecule has 0 saturated carbocycles. The summed E-state index contributed by atoms with van der Waals surface area (Å²) in [5, 5.41) is 0. The van der Waals surface area contributed by atoms with Gasteiger partial charge in [0.05, 0.1) is 0 Å². The first-order valence-corrected chi connectivity index (χ1v) is 4.04. The van der Waals surface area contributed by atoms with Gasteiger partial charge in [0, 0.05) is 5.88 Å². The number of benzene rings is 1. The van der Waals surface area contributed by atoms with Crippen molar-refractivity contribution >= 4 is 41.1 Å². The molecule has 0 bridgehead atoms. The number of oxazole rings is 1. The fourth-order valence-electron chi connectivity index (χ4n) is 1.07. The lowest BCUT2D eigenvalue weighted by Gasteiger charge is -1.91. The Hall–Kier alpha value is -0.930. The monoisotopic (exact) mass is 218 g/mol. The number of nitrogens with zero attached hydrogens (tertiary/aromatic N) is 1. The number of rotatable bonds is 1. The lowest BCUT2D eigenvalue weighted by molar-refractivity contribution is 0.626. The highest BCUT2D eigenvalue weighted by Crippen LogP contribution is 2.18. The Kier molecular flexibility index (Phi) is 3.01. The van der Waals surface area contributed by atoms with Crippen LogP contribution >= 0.6 is 24.0 Å². The van der Waals surface area contributed by atoms with Crippen molar-refractivity contribution in [1.29, 1.82) is 0 Å². The van der Waals surface area contributed by atoms with Crippen molar-refractivity contribution in [3.8, 4) is 0 Å². The van der Waals surface area contributed by atoms with E-state index in [1.807, 2.05) is 18.2 Å². The predicted octanol–water partition coefficient (Wildman–Crippen LogP) is 2.57. The third-order valence-electron chi connectivity index (χ3n) is 1.62. The minimum absolute atomic E-state index is 0. The third kappa shape index (κ3) is 1.87. The Balaban J connectivity index is 0.000000845. The van der Waals surface area contributed by atoms with Crippen LogP contribution in [-0.4, -0.2) is 4.98 Å². The van der Waals surface area contributed by atoms with Gasteiger partial charge in [-0.25, -0.2) is 0 Å². The van der Waals surface area contributed by atoms with Crippen LogP contribution in [0.15, 0.2) is 22.6 Å². The van der Waals surface area contributed by atoms with E-state index in [1.165, 1.54) is 0 Å². The predicted molar refractivity (Wildman–Crippen MR) is 55.2 cm³/mol. The van der Waals surface area contributed by atoms with Gasteiger partial charge in [-0.05, 0) is 17.7 Å². The van der Waals surface area contributed by atoms with E-state index in [2.05, 4.69) is 4.98 Å². The second-order valence-electron chi connectivity index (χ2n) is 2.49. The number of nitrogens with two attached hydrogens (primary N) is 1. The number of halogens is 2. The summed E-state index contributed by atoms with van der Waals surface area (Å²) in [5.74, 6) is 0.469. The van der Waals surface area contributed by atoms with Gasteiger partial charge >= 0.3 is 0 Å². The first kappa shape index (κ1) is 10.2. The summed E-state index contributed by atoms with van der Waals surface area (Å²) in [5.41, 5.74) is 7.82. The van der Waals surface area contributed by atoms with Gasteiger partial charge in [0.1, 0.15) is 5.52 Å². The number of nitrogen functional groups attached to an aromatic ring is 1. The molecule has 0 radical (unpaired) electrons. The summed E-state index contributed by atoms with van der Waals surface area (Å²) in [6.07, 6.45) is 0. The van der Waals surface area contributed by atoms with Gasteiger partial charge < -0.3 is 10.2 Å². The molecule has 2 N–H and O–H groups in total. The lowest BCUT2D eigenvalue weighted by atomic mass is 10.2. The molecule has 5 heteroatoms. The average Bonchev–Trinajstić information content (AvgIpc) is 2.43. The van der Waals surface area contributed by atoms with Gasteiger partial charge in [-0.3, -0.25) is 0 Å². The van der Waals surface area contributed by atoms with Crippen LogP contribution < -0.4 is 5.73 Å². The van der Waals surface area contributed by atoms with E-state index in [1.54, 1.807) is 0 Å². The smallest absolute Gasteiger partial charge is 0.292 e. The molecule has 13 heavy (non-hydrogen) atoms. The zero-order valence-corrected chi connectivity index (χ0v) is 8.23. The molecule has 0 aliphatic rings. The van der Waals surface area contributed by atoms with Crippen molar-refractivity contribution in [3.05, 3.63) is 23.8 Å². The van der Waals surface area contributed by atoms with Gasteiger partial charge in [-0.15, -0.1) is 24.0 Å². The van der Waals surface area contributed by atoms with Gasteiger partial charge in [0.25, 0.3) is 6.01 Å². The molecule has 70 valence electrons. The maximum Gasteiger partial charge on any atom is 0.292 e. The Morgan fingerprint density at radius 1 is 1.46 bits per heavy atom. The molecule has 1 aromatic heterocycles. The molecule has 3 nitrogen and oxygen atoms in total. The summed E-state index contributed by atoms with van der Waals surface area (Å²) < 4.78 is 5.12. The number of aromatic nitrogens is 1. The fraction of sp³-hybridized carbons (Fsp3) is 0.125. The minimum atomic E-state index is 0. The maximum atomic E-state index is 5.64. The van der Waals surface area contributed by atoms with E-state index in [9.17, 15) is 0 Å². The maximum absolute atomic E-state index is 5.64. The van der Waals surface area contributed by atoms with Gasteiger partial charge in [0.15, 0.2) is 5.58 Å². The van der Waals surface area contributed by atoms with Crippen molar-refractivity contribution in [3.63, 3.8) is 0 Å². The second-order valence-corrected chi connectivity index (χ2v) is 2.76. The summed E-state index contributed by atoms with van der Waals surface area (Å²) in [6.45, 7) is 0. The molecule has 0 atom stereocenters. The van der Waals surface area contributed by atoms with Crippen molar-refractivity contribution in [1.82, 2.24) is 4.98 Å². The first-order chi connectivity index (χ1) is 5.79. The molecule has 1 aromatic carbocycles. The second kappa shape index (κ2) is 3.85. The van der Waals surface area contributed by atoms with E-state index >= 15 is 0 Å². The van der Waals surface area contributed by atoms with Crippen molar-refractivity contribution in [2.24, 2.45) is 0 Å². The third-order valence-corrected chi connectivity index (χ3v) is 1.93. The van der Waals surface area contributed by atoms with Crippen molar-refractivity contribution in [2.75, 3.05) is 5.73 Å². The van der Waals surface area contributed by atoms with Crippen LogP contribution in [0.3, 0.4) is 0 Å². The van der Waals surface area contributed by atoms with Crippen LogP contribution in [0.1, 0.15) is 5.56 Å². The largest absolute Gasteiger partial charge is 0.424 e. The molecule has 0 unspecified atom stereocenters. The Labute approximate surface area is 86.3 Å². The number of hydrogen-bond acceptors (Lipinski definition) is 3. The average molecular weight is 219 g/mol. The quantitative estimate of drug-likeness (QED) is 0.750. The Bertz CT molecular complexity index is 413. The topological polar surface area (TPSA) is 52.0 Å². The fourth-order valence-corrected chi connectivity index (χ4v) is 1.24. The van der Waals surface area contributed by atoms with Crippen LogP contribution in [0, 0.1) is 0 Å². The standard InChI is InChI=1S/C8H7ClN2O.ClH/c9-4-5-1-2-6-7(3-5)12-8(10)11-6;/h1-3H,4H2,(H2,10,11);1H. The molecular weight excluding hydrogens is 211 g/mol. The number of anilines is 1. The highest BCUT2D eigenvalue weighted by atomic mass is 35.5.